The molecule has 37 heavy (non-hydrogen) atoms. The predicted molar refractivity (Wildman–Crippen MR) is 146 cm³/mol. The largest absolute Gasteiger partial charge is 0.495 e. The number of oxazole rings is 1. The first-order valence-electron chi connectivity index (χ1n) is 12.3. The molecule has 2 aromatic carbocycles. The third-order valence-electron chi connectivity index (χ3n) is 7.10. The second-order valence-corrected chi connectivity index (χ2v) is 11.2. The Morgan fingerprint density at radius 3 is 2.54 bits per heavy atom. The molecule has 3 aromatic rings. The van der Waals surface area contributed by atoms with Crippen LogP contribution in [0.4, 0.5) is 4.79 Å². The number of carboxylic acid groups (broad SMARTS) is 1. The number of hydrogen-bond acceptors (Lipinski definition) is 8. The molecule has 1 fully saturated rings. The van der Waals surface area contributed by atoms with Crippen LogP contribution in [0.5, 0.6) is 0 Å². The number of aromatic nitrogens is 1. The summed E-state index contributed by atoms with van der Waals surface area (Å²) in [6.45, 7) is 13.4. The third-order valence-corrected chi connectivity index (χ3v) is 7.84. The number of carbonyl (C=O) groups is 1. The van der Waals surface area contributed by atoms with Crippen molar-refractivity contribution in [1.29, 1.82) is 5.26 Å². The van der Waals surface area contributed by atoms with Crippen LogP contribution in [0.15, 0.2) is 34.7 Å². The maximum atomic E-state index is 11.0. The van der Waals surface area contributed by atoms with E-state index < -0.39 is 23.6 Å². The maximum absolute atomic E-state index is 11.0. The number of nitrogens with zero attached hydrogens (tertiary/aromatic N) is 3. The molecular formula is C27H32BN3O5S. The molecule has 1 aliphatic rings. The van der Waals surface area contributed by atoms with E-state index in [1.54, 1.807) is 6.07 Å². The summed E-state index contributed by atoms with van der Waals surface area (Å²) in [6, 6.07) is 11.8. The van der Waals surface area contributed by atoms with Crippen LogP contribution in [0.2, 0.25) is 0 Å². The van der Waals surface area contributed by atoms with E-state index in [0.29, 0.717) is 35.0 Å². The summed E-state index contributed by atoms with van der Waals surface area (Å²) in [5.41, 5.74) is 4.04. The Morgan fingerprint density at radius 2 is 1.92 bits per heavy atom. The Bertz CT molecular complexity index is 1350. The van der Waals surface area contributed by atoms with E-state index in [1.165, 1.54) is 0 Å². The Labute approximate surface area is 222 Å². The van der Waals surface area contributed by atoms with E-state index in [-0.39, 0.29) is 0 Å². The second-order valence-electron chi connectivity index (χ2n) is 10.3. The Kier molecular flexibility index (Phi) is 7.72. The van der Waals surface area contributed by atoms with Crippen LogP contribution in [0, 0.1) is 18.3 Å². The molecule has 0 amide bonds. The zero-order valence-electron chi connectivity index (χ0n) is 22.1. The van der Waals surface area contributed by atoms with Crippen molar-refractivity contribution in [2.24, 2.45) is 0 Å². The van der Waals surface area contributed by atoms with Crippen molar-refractivity contribution in [1.82, 2.24) is 9.88 Å². The summed E-state index contributed by atoms with van der Waals surface area (Å²) in [4.78, 5) is 17.8. The predicted octanol–water partition coefficient (Wildman–Crippen LogP) is 5.55. The number of hydrogen-bond donors (Lipinski definition) is 1. The molecule has 0 spiro atoms. The smallest absolute Gasteiger partial charge is 0.473 e. The highest BCUT2D eigenvalue weighted by atomic mass is 32.2. The summed E-state index contributed by atoms with van der Waals surface area (Å²) < 4.78 is 18.7. The average Bonchev–Trinajstić information content (AvgIpc) is 3.34. The molecular weight excluding hydrogens is 489 g/mol. The van der Waals surface area contributed by atoms with Gasteiger partial charge in [-0.25, -0.2) is 9.78 Å². The lowest BCUT2D eigenvalue weighted by Gasteiger charge is -2.32. The molecule has 1 saturated heterocycles. The van der Waals surface area contributed by atoms with Gasteiger partial charge in [-0.1, -0.05) is 19.1 Å². The fraction of sp³-hybridized carbons (Fsp3) is 0.444. The molecule has 2 heterocycles. The summed E-state index contributed by atoms with van der Waals surface area (Å²) in [5.74, 6) is 0.782. The van der Waals surface area contributed by atoms with Crippen LogP contribution in [-0.2, 0) is 15.9 Å². The van der Waals surface area contributed by atoms with Gasteiger partial charge in [0.1, 0.15) is 11.6 Å². The van der Waals surface area contributed by atoms with Crippen molar-refractivity contribution in [3.05, 3.63) is 47.0 Å². The van der Waals surface area contributed by atoms with Gasteiger partial charge in [0.25, 0.3) is 0 Å². The number of thioether (sulfide) groups is 1. The topological polar surface area (TPSA) is 109 Å². The van der Waals surface area contributed by atoms with E-state index in [9.17, 15) is 10.1 Å². The lowest BCUT2D eigenvalue weighted by molar-refractivity contribution is 0.00578. The van der Waals surface area contributed by atoms with Gasteiger partial charge in [0.2, 0.25) is 5.89 Å². The minimum Gasteiger partial charge on any atom is -0.473 e. The second kappa shape index (κ2) is 10.5. The van der Waals surface area contributed by atoms with Crippen molar-refractivity contribution in [2.75, 3.05) is 12.4 Å². The van der Waals surface area contributed by atoms with Crippen LogP contribution >= 0.6 is 11.8 Å². The summed E-state index contributed by atoms with van der Waals surface area (Å²) in [7, 11) is -0.510. The zero-order chi connectivity index (χ0) is 27.0. The van der Waals surface area contributed by atoms with E-state index in [4.69, 9.17) is 23.8 Å². The van der Waals surface area contributed by atoms with E-state index in [2.05, 4.69) is 6.07 Å². The maximum Gasteiger partial charge on any atom is 0.495 e. The van der Waals surface area contributed by atoms with Gasteiger partial charge in [-0.15, -0.1) is 0 Å². The van der Waals surface area contributed by atoms with Gasteiger partial charge in [0.15, 0.2) is 5.58 Å². The van der Waals surface area contributed by atoms with E-state index in [0.717, 1.165) is 46.9 Å². The average molecular weight is 521 g/mol. The Balaban J connectivity index is 1.68. The summed E-state index contributed by atoms with van der Waals surface area (Å²) in [6.07, 6.45) is 0.889. The minimum atomic E-state index is -0.909. The standard InChI is InChI=1S/C27H32BN3O5S/c1-7-11-31(16-37-25(32)33)15-18-12-19(14-29)23-22(13-18)30-24(34-23)20-9-8-10-21(17(20)2)28-35-26(3,4)27(5,6)36-28/h8-10,12-13H,7,11,15-16H2,1-6H3,(H,32,33). The fourth-order valence-corrected chi connectivity index (χ4v) is 4.91. The quantitative estimate of drug-likeness (QED) is 0.301. The zero-order valence-corrected chi connectivity index (χ0v) is 22.9. The molecule has 1 aliphatic heterocycles. The summed E-state index contributed by atoms with van der Waals surface area (Å²) >= 11 is 0.849. The molecule has 10 heteroatoms. The fourth-order valence-electron chi connectivity index (χ4n) is 4.40. The van der Waals surface area contributed by atoms with Gasteiger partial charge in [-0.2, -0.15) is 5.26 Å². The molecule has 0 radical (unpaired) electrons. The van der Waals surface area contributed by atoms with Crippen LogP contribution in [-0.4, -0.2) is 51.0 Å². The molecule has 8 nitrogen and oxygen atoms in total. The van der Waals surface area contributed by atoms with Gasteiger partial charge in [-0.05, 0) is 94.1 Å². The first-order chi connectivity index (χ1) is 17.5. The number of benzene rings is 2. The lowest BCUT2D eigenvalue weighted by Crippen LogP contribution is -2.41. The van der Waals surface area contributed by atoms with Crippen molar-refractivity contribution in [2.45, 2.75) is 65.7 Å². The van der Waals surface area contributed by atoms with Crippen LogP contribution in [0.1, 0.15) is 57.7 Å². The highest BCUT2D eigenvalue weighted by Gasteiger charge is 2.52. The molecule has 0 unspecified atom stereocenters. The van der Waals surface area contributed by atoms with Gasteiger partial charge in [0.05, 0.1) is 22.6 Å². The van der Waals surface area contributed by atoms with Gasteiger partial charge >= 0.3 is 12.4 Å². The lowest BCUT2D eigenvalue weighted by atomic mass is 9.75. The highest BCUT2D eigenvalue weighted by molar-refractivity contribution is 8.13. The molecule has 1 aromatic heterocycles. The van der Waals surface area contributed by atoms with Crippen LogP contribution < -0.4 is 5.46 Å². The molecule has 0 atom stereocenters. The third kappa shape index (κ3) is 5.55. The van der Waals surface area contributed by atoms with Gasteiger partial charge < -0.3 is 18.8 Å². The van der Waals surface area contributed by atoms with Crippen molar-refractivity contribution in [3.63, 3.8) is 0 Å². The van der Waals surface area contributed by atoms with Crippen LogP contribution in [0.3, 0.4) is 0 Å². The van der Waals surface area contributed by atoms with Crippen molar-refractivity contribution >= 4 is 40.7 Å². The molecule has 194 valence electrons. The minimum absolute atomic E-state index is 0.359. The van der Waals surface area contributed by atoms with Crippen molar-refractivity contribution in [3.8, 4) is 17.5 Å². The number of fused-ring (bicyclic) bond motifs is 1. The molecule has 4 rings (SSSR count). The monoisotopic (exact) mass is 521 g/mol. The molecule has 0 aliphatic carbocycles. The highest BCUT2D eigenvalue weighted by Crippen LogP contribution is 2.37. The van der Waals surface area contributed by atoms with Crippen LogP contribution in [0.25, 0.3) is 22.6 Å². The first-order valence-corrected chi connectivity index (χ1v) is 13.3. The molecule has 0 saturated carbocycles. The number of nitriles is 1. The first kappa shape index (κ1) is 27.2. The SMILES string of the molecule is CCCN(CSC(=O)O)Cc1cc(C#N)c2oc(-c3cccc(B4OC(C)(C)C(C)(C)O4)c3C)nc2c1. The molecule has 0 bridgehead atoms. The molecule has 1 N–H and O–H groups in total. The Morgan fingerprint density at radius 1 is 1.22 bits per heavy atom. The van der Waals surface area contributed by atoms with Crippen molar-refractivity contribution < 1.29 is 23.6 Å². The van der Waals surface area contributed by atoms with E-state index >= 15 is 0 Å². The van der Waals surface area contributed by atoms with Gasteiger partial charge in [-0.3, -0.25) is 4.90 Å². The number of rotatable bonds is 8. The van der Waals surface area contributed by atoms with E-state index in [1.807, 2.05) is 70.7 Å². The summed E-state index contributed by atoms with van der Waals surface area (Å²) in [5, 5.41) is 18.0. The normalized spacial score (nSPS) is 16.4. The Hall–Kier alpha value is -2.84. The van der Waals surface area contributed by atoms with Gasteiger partial charge in [0, 0.05) is 12.1 Å².